The van der Waals surface area contributed by atoms with Crippen LogP contribution >= 0.6 is 0 Å². The van der Waals surface area contributed by atoms with Crippen LogP contribution in [0.15, 0.2) is 0 Å². The van der Waals surface area contributed by atoms with Crippen LogP contribution in [0.4, 0.5) is 0 Å². The molecule has 0 aliphatic carbocycles. The fraction of sp³-hybridized carbons (Fsp3) is 0.909. The summed E-state index contributed by atoms with van der Waals surface area (Å²) in [4.78, 5) is 11.8. The second kappa shape index (κ2) is 5.47. The summed E-state index contributed by atoms with van der Waals surface area (Å²) >= 11 is 0. The predicted molar refractivity (Wildman–Crippen MR) is 57.6 cm³/mol. The van der Waals surface area contributed by atoms with Gasteiger partial charge in [0, 0.05) is 12.6 Å². The molecule has 2 N–H and O–H groups in total. The summed E-state index contributed by atoms with van der Waals surface area (Å²) in [6, 6.07) is 0.344. The first-order chi connectivity index (χ1) is 7.36. The molecule has 2 aliphatic rings. The number of hydrogen-bond donors (Lipinski definition) is 2. The van der Waals surface area contributed by atoms with Gasteiger partial charge < -0.3 is 15.4 Å². The van der Waals surface area contributed by atoms with Crippen LogP contribution in [0.1, 0.15) is 32.1 Å². The Balaban J connectivity index is 1.76. The maximum atomic E-state index is 11.8. The quantitative estimate of drug-likeness (QED) is 0.697. The van der Waals surface area contributed by atoms with Crippen molar-refractivity contribution in [2.24, 2.45) is 0 Å². The molecule has 2 saturated heterocycles. The highest BCUT2D eigenvalue weighted by molar-refractivity contribution is 5.81. The third kappa shape index (κ3) is 3.18. The highest BCUT2D eigenvalue weighted by Gasteiger charge is 2.25. The zero-order valence-electron chi connectivity index (χ0n) is 9.13. The molecule has 1 unspecified atom stereocenters. The van der Waals surface area contributed by atoms with Crippen LogP contribution in [0.2, 0.25) is 0 Å². The van der Waals surface area contributed by atoms with Crippen molar-refractivity contribution in [2.75, 3.05) is 19.7 Å². The van der Waals surface area contributed by atoms with Gasteiger partial charge in [-0.3, -0.25) is 4.79 Å². The minimum Gasteiger partial charge on any atom is -0.368 e. The van der Waals surface area contributed by atoms with E-state index in [1.165, 1.54) is 0 Å². The molecule has 0 aromatic carbocycles. The molecule has 1 amide bonds. The third-order valence-corrected chi connectivity index (χ3v) is 3.14. The van der Waals surface area contributed by atoms with Gasteiger partial charge in [-0.15, -0.1) is 0 Å². The lowest BCUT2D eigenvalue weighted by Crippen LogP contribution is -2.41. The molecule has 4 nitrogen and oxygen atoms in total. The van der Waals surface area contributed by atoms with E-state index in [0.29, 0.717) is 6.04 Å². The van der Waals surface area contributed by atoms with Gasteiger partial charge in [-0.25, -0.2) is 0 Å². The average molecular weight is 212 g/mol. The molecule has 0 saturated carbocycles. The Kier molecular flexibility index (Phi) is 3.97. The molecule has 15 heavy (non-hydrogen) atoms. The molecule has 2 heterocycles. The topological polar surface area (TPSA) is 50.4 Å². The number of ether oxygens (including phenoxy) is 1. The zero-order valence-corrected chi connectivity index (χ0v) is 9.13. The number of nitrogens with one attached hydrogen (secondary N) is 2. The second-order valence-electron chi connectivity index (χ2n) is 4.39. The lowest BCUT2D eigenvalue weighted by molar-refractivity contribution is -0.130. The Labute approximate surface area is 90.8 Å². The average Bonchev–Trinajstić information content (AvgIpc) is 2.65. The third-order valence-electron chi connectivity index (χ3n) is 3.14. The van der Waals surface area contributed by atoms with E-state index < -0.39 is 0 Å². The van der Waals surface area contributed by atoms with E-state index >= 15 is 0 Å². The Bertz CT molecular complexity index is 207. The number of hydrogen-bond acceptors (Lipinski definition) is 3. The van der Waals surface area contributed by atoms with E-state index in [1.54, 1.807) is 0 Å². The number of carbonyl (C=O) groups excluding carboxylic acids is 1. The molecule has 2 atom stereocenters. The Morgan fingerprint density at radius 1 is 1.20 bits per heavy atom. The van der Waals surface area contributed by atoms with Crippen molar-refractivity contribution in [1.82, 2.24) is 10.6 Å². The number of carbonyl (C=O) groups is 1. The van der Waals surface area contributed by atoms with Gasteiger partial charge in [0.25, 0.3) is 0 Å². The smallest absolute Gasteiger partial charge is 0.249 e. The molecule has 0 bridgehead atoms. The van der Waals surface area contributed by atoms with Crippen LogP contribution < -0.4 is 10.6 Å². The summed E-state index contributed by atoms with van der Waals surface area (Å²) in [5, 5.41) is 6.43. The molecule has 2 aliphatic heterocycles. The second-order valence-corrected chi connectivity index (χ2v) is 4.39. The van der Waals surface area contributed by atoms with Crippen molar-refractivity contribution < 1.29 is 9.53 Å². The van der Waals surface area contributed by atoms with E-state index in [1.807, 2.05) is 0 Å². The van der Waals surface area contributed by atoms with Gasteiger partial charge in [0.2, 0.25) is 5.91 Å². The lowest BCUT2D eigenvalue weighted by Gasteiger charge is -2.18. The van der Waals surface area contributed by atoms with E-state index in [0.717, 1.165) is 51.8 Å². The van der Waals surface area contributed by atoms with Gasteiger partial charge >= 0.3 is 0 Å². The molecule has 4 heteroatoms. The number of amides is 1. The van der Waals surface area contributed by atoms with Crippen molar-refractivity contribution in [2.45, 2.75) is 44.2 Å². The fourth-order valence-corrected chi connectivity index (χ4v) is 2.24. The minimum atomic E-state index is -0.179. The SMILES string of the molecule is O=C(NC1CCCNCC1)[C@H]1CCCO1. The summed E-state index contributed by atoms with van der Waals surface area (Å²) in [6.45, 7) is 2.83. The van der Waals surface area contributed by atoms with E-state index in [2.05, 4.69) is 10.6 Å². The first-order valence-electron chi connectivity index (χ1n) is 5.99. The van der Waals surface area contributed by atoms with E-state index in [-0.39, 0.29) is 12.0 Å². The fourth-order valence-electron chi connectivity index (χ4n) is 2.24. The maximum absolute atomic E-state index is 11.8. The monoisotopic (exact) mass is 212 g/mol. The van der Waals surface area contributed by atoms with Gasteiger partial charge in [-0.1, -0.05) is 0 Å². The van der Waals surface area contributed by atoms with Crippen LogP contribution in [0.5, 0.6) is 0 Å². The first kappa shape index (κ1) is 10.9. The van der Waals surface area contributed by atoms with Crippen molar-refractivity contribution in [3.05, 3.63) is 0 Å². The molecular weight excluding hydrogens is 192 g/mol. The summed E-state index contributed by atoms with van der Waals surface area (Å²) < 4.78 is 5.36. The van der Waals surface area contributed by atoms with Crippen molar-refractivity contribution in [1.29, 1.82) is 0 Å². The van der Waals surface area contributed by atoms with Crippen molar-refractivity contribution in [3.63, 3.8) is 0 Å². The van der Waals surface area contributed by atoms with E-state index in [4.69, 9.17) is 4.74 Å². The molecule has 2 rings (SSSR count). The van der Waals surface area contributed by atoms with Gasteiger partial charge in [0.05, 0.1) is 0 Å². The highest BCUT2D eigenvalue weighted by atomic mass is 16.5. The van der Waals surface area contributed by atoms with Gasteiger partial charge in [-0.2, -0.15) is 0 Å². The summed E-state index contributed by atoms with van der Waals surface area (Å²) in [5.74, 6) is 0.0967. The van der Waals surface area contributed by atoms with Crippen molar-refractivity contribution in [3.8, 4) is 0 Å². The molecule has 2 fully saturated rings. The zero-order chi connectivity index (χ0) is 10.5. The van der Waals surface area contributed by atoms with Crippen LogP contribution in [0, 0.1) is 0 Å². The van der Waals surface area contributed by atoms with Crippen LogP contribution in [-0.2, 0) is 9.53 Å². The van der Waals surface area contributed by atoms with Gasteiger partial charge in [0.15, 0.2) is 0 Å². The van der Waals surface area contributed by atoms with Crippen LogP contribution in [0.25, 0.3) is 0 Å². The van der Waals surface area contributed by atoms with E-state index in [9.17, 15) is 4.79 Å². The normalized spacial score (nSPS) is 32.3. The lowest BCUT2D eigenvalue weighted by atomic mass is 10.1. The summed E-state index contributed by atoms with van der Waals surface area (Å²) in [5.41, 5.74) is 0. The first-order valence-corrected chi connectivity index (χ1v) is 5.99. The molecule has 86 valence electrons. The molecule has 0 aromatic heterocycles. The molecule has 0 aromatic rings. The molecule has 0 spiro atoms. The number of rotatable bonds is 2. The standard InChI is InChI=1S/C11H20N2O2/c14-11(10-4-2-8-15-10)13-9-3-1-6-12-7-5-9/h9-10,12H,1-8H2,(H,13,14)/t9?,10-/m1/s1. The van der Waals surface area contributed by atoms with Gasteiger partial charge in [-0.05, 0) is 45.2 Å². The summed E-state index contributed by atoms with van der Waals surface area (Å²) in [7, 11) is 0. The Hall–Kier alpha value is -0.610. The maximum Gasteiger partial charge on any atom is 0.249 e. The Morgan fingerprint density at radius 3 is 2.93 bits per heavy atom. The van der Waals surface area contributed by atoms with Crippen LogP contribution in [0.3, 0.4) is 0 Å². The Morgan fingerprint density at radius 2 is 2.13 bits per heavy atom. The highest BCUT2D eigenvalue weighted by Crippen LogP contribution is 2.13. The largest absolute Gasteiger partial charge is 0.368 e. The summed E-state index contributed by atoms with van der Waals surface area (Å²) in [6.07, 6.45) is 5.00. The molecular formula is C11H20N2O2. The van der Waals surface area contributed by atoms with Crippen molar-refractivity contribution >= 4 is 5.91 Å². The minimum absolute atomic E-state index is 0.0967. The molecule has 0 radical (unpaired) electrons. The van der Waals surface area contributed by atoms with Crippen LogP contribution in [-0.4, -0.2) is 37.7 Å². The van der Waals surface area contributed by atoms with Gasteiger partial charge in [0.1, 0.15) is 6.10 Å². The predicted octanol–water partition coefficient (Wildman–Crippen LogP) is 0.424.